The highest BCUT2D eigenvalue weighted by Crippen LogP contribution is 2.31. The summed E-state index contributed by atoms with van der Waals surface area (Å²) >= 11 is 12.1. The van der Waals surface area contributed by atoms with Crippen LogP contribution in [0, 0.1) is 0 Å². The molecule has 0 fully saturated rings. The zero-order valence-electron chi connectivity index (χ0n) is 10.9. The van der Waals surface area contributed by atoms with E-state index in [0.717, 1.165) is 11.3 Å². The molecule has 3 nitrogen and oxygen atoms in total. The molecule has 1 aromatic heterocycles. The molecule has 2 aromatic rings. The summed E-state index contributed by atoms with van der Waals surface area (Å²) in [6.45, 7) is 2.81. The summed E-state index contributed by atoms with van der Waals surface area (Å²) < 4.78 is 5.70. The van der Waals surface area contributed by atoms with Crippen LogP contribution in [0.15, 0.2) is 34.7 Å². The second-order valence-electron chi connectivity index (χ2n) is 4.37. The average Bonchev–Trinajstić information content (AvgIpc) is 2.80. The Morgan fingerprint density at radius 2 is 2.00 bits per heavy atom. The van der Waals surface area contributed by atoms with Crippen LogP contribution in [0.2, 0.25) is 10.0 Å². The Labute approximate surface area is 134 Å². The summed E-state index contributed by atoms with van der Waals surface area (Å²) in [5.41, 5.74) is 0.774. The molecule has 0 saturated heterocycles. The minimum Gasteiger partial charge on any atom is -0.460 e. The van der Waals surface area contributed by atoms with E-state index in [1.165, 1.54) is 0 Å². The van der Waals surface area contributed by atoms with Crippen LogP contribution in [0.1, 0.15) is 12.7 Å². The molecule has 110 valence electrons. The number of furan rings is 1. The summed E-state index contributed by atoms with van der Waals surface area (Å²) in [7, 11) is 0. The van der Waals surface area contributed by atoms with E-state index < -0.39 is 0 Å². The quantitative estimate of drug-likeness (QED) is 0.862. The monoisotopic (exact) mass is 335 g/mol. The molecule has 1 unspecified atom stereocenters. The van der Waals surface area contributed by atoms with Crippen molar-refractivity contribution in [3.63, 3.8) is 0 Å². The van der Waals surface area contributed by atoms with Gasteiger partial charge in [-0.3, -0.25) is 0 Å². The lowest BCUT2D eigenvalue weighted by atomic mass is 10.2. The SMILES string of the molecule is CC(O)CNCc1ccc(-c2cc(Cl)ccc2Cl)o1.Cl. The molecule has 2 N–H and O–H groups in total. The molecule has 1 atom stereocenters. The minimum atomic E-state index is -0.378. The average molecular weight is 337 g/mol. The first kappa shape index (κ1) is 17.3. The normalized spacial score (nSPS) is 12.0. The molecule has 0 spiro atoms. The summed E-state index contributed by atoms with van der Waals surface area (Å²) in [5.74, 6) is 1.47. The largest absolute Gasteiger partial charge is 0.460 e. The lowest BCUT2D eigenvalue weighted by Crippen LogP contribution is -2.23. The fraction of sp³-hybridized carbons (Fsp3) is 0.286. The van der Waals surface area contributed by atoms with Crippen molar-refractivity contribution in [2.75, 3.05) is 6.54 Å². The number of aliphatic hydroxyl groups excluding tert-OH is 1. The Balaban J connectivity index is 0.00000200. The van der Waals surface area contributed by atoms with Crippen LogP contribution in [0.4, 0.5) is 0 Å². The molecule has 0 saturated carbocycles. The van der Waals surface area contributed by atoms with E-state index in [4.69, 9.17) is 32.7 Å². The fourth-order valence-corrected chi connectivity index (χ4v) is 2.09. The third-order valence-electron chi connectivity index (χ3n) is 2.59. The molecular formula is C14H16Cl3NO2. The van der Waals surface area contributed by atoms with E-state index in [2.05, 4.69) is 5.32 Å². The maximum Gasteiger partial charge on any atom is 0.135 e. The maximum absolute atomic E-state index is 9.16. The van der Waals surface area contributed by atoms with Gasteiger partial charge in [-0.15, -0.1) is 12.4 Å². The molecule has 6 heteroatoms. The highest BCUT2D eigenvalue weighted by Gasteiger charge is 2.09. The first-order chi connectivity index (χ1) is 9.06. The third-order valence-corrected chi connectivity index (χ3v) is 3.16. The Morgan fingerprint density at radius 1 is 1.25 bits per heavy atom. The molecule has 2 rings (SSSR count). The van der Waals surface area contributed by atoms with Gasteiger partial charge in [-0.25, -0.2) is 0 Å². The van der Waals surface area contributed by atoms with Crippen molar-refractivity contribution in [1.82, 2.24) is 5.32 Å². The van der Waals surface area contributed by atoms with Gasteiger partial charge in [0.15, 0.2) is 0 Å². The van der Waals surface area contributed by atoms with E-state index in [9.17, 15) is 0 Å². The van der Waals surface area contributed by atoms with Crippen LogP contribution in [0.25, 0.3) is 11.3 Å². The van der Waals surface area contributed by atoms with Gasteiger partial charge in [-0.2, -0.15) is 0 Å². The minimum absolute atomic E-state index is 0. The number of rotatable bonds is 5. The van der Waals surface area contributed by atoms with Gasteiger partial charge in [0.2, 0.25) is 0 Å². The lowest BCUT2D eigenvalue weighted by Gasteiger charge is -2.05. The molecule has 1 heterocycles. The van der Waals surface area contributed by atoms with Gasteiger partial charge in [0.25, 0.3) is 0 Å². The Kier molecular flexibility index (Phi) is 6.86. The van der Waals surface area contributed by atoms with Crippen LogP contribution in [0.3, 0.4) is 0 Å². The second kappa shape index (κ2) is 7.91. The highest BCUT2D eigenvalue weighted by atomic mass is 35.5. The lowest BCUT2D eigenvalue weighted by molar-refractivity contribution is 0.190. The zero-order valence-corrected chi connectivity index (χ0v) is 13.2. The Morgan fingerprint density at radius 3 is 2.70 bits per heavy atom. The van der Waals surface area contributed by atoms with Gasteiger partial charge in [-0.1, -0.05) is 23.2 Å². The molecule has 0 aliphatic rings. The number of hydrogen-bond donors (Lipinski definition) is 2. The first-order valence-electron chi connectivity index (χ1n) is 5.99. The van der Waals surface area contributed by atoms with Gasteiger partial charge in [-0.05, 0) is 37.3 Å². The molecular weight excluding hydrogens is 321 g/mol. The maximum atomic E-state index is 9.16. The molecule has 0 bridgehead atoms. The summed E-state index contributed by atoms with van der Waals surface area (Å²) in [5, 5.41) is 13.5. The van der Waals surface area contributed by atoms with Crippen molar-refractivity contribution >= 4 is 35.6 Å². The van der Waals surface area contributed by atoms with Crippen molar-refractivity contribution in [1.29, 1.82) is 0 Å². The standard InChI is InChI=1S/C14H15Cl2NO2.ClH/c1-9(18)7-17-8-11-3-5-14(19-11)12-6-10(15)2-4-13(12)16;/h2-6,9,17-18H,7-8H2,1H3;1H. The highest BCUT2D eigenvalue weighted by molar-refractivity contribution is 6.35. The van der Waals surface area contributed by atoms with Crippen LogP contribution >= 0.6 is 35.6 Å². The number of hydrogen-bond acceptors (Lipinski definition) is 3. The first-order valence-corrected chi connectivity index (χ1v) is 6.75. The van der Waals surface area contributed by atoms with Crippen LogP contribution in [-0.2, 0) is 6.54 Å². The van der Waals surface area contributed by atoms with E-state index in [1.54, 1.807) is 25.1 Å². The van der Waals surface area contributed by atoms with Crippen LogP contribution in [-0.4, -0.2) is 17.8 Å². The number of aliphatic hydroxyl groups is 1. The van der Waals surface area contributed by atoms with Crippen molar-refractivity contribution < 1.29 is 9.52 Å². The van der Waals surface area contributed by atoms with Gasteiger partial charge < -0.3 is 14.8 Å². The van der Waals surface area contributed by atoms with Crippen molar-refractivity contribution in [2.24, 2.45) is 0 Å². The van der Waals surface area contributed by atoms with Gasteiger partial charge in [0.1, 0.15) is 11.5 Å². The summed E-state index contributed by atoms with van der Waals surface area (Å²) in [6, 6.07) is 8.99. The molecule has 0 amide bonds. The molecule has 20 heavy (non-hydrogen) atoms. The van der Waals surface area contributed by atoms with Gasteiger partial charge >= 0.3 is 0 Å². The van der Waals surface area contributed by atoms with E-state index in [1.807, 2.05) is 12.1 Å². The Bertz CT molecular complexity index is 555. The van der Waals surface area contributed by atoms with Crippen LogP contribution in [0.5, 0.6) is 0 Å². The van der Waals surface area contributed by atoms with Crippen molar-refractivity contribution in [2.45, 2.75) is 19.6 Å². The van der Waals surface area contributed by atoms with E-state index in [-0.39, 0.29) is 18.5 Å². The third kappa shape index (κ3) is 4.69. The summed E-state index contributed by atoms with van der Waals surface area (Å²) in [6.07, 6.45) is -0.378. The van der Waals surface area contributed by atoms with Gasteiger partial charge in [0, 0.05) is 17.1 Å². The zero-order chi connectivity index (χ0) is 13.8. The fourth-order valence-electron chi connectivity index (χ4n) is 1.71. The van der Waals surface area contributed by atoms with E-state index in [0.29, 0.717) is 28.9 Å². The number of nitrogens with one attached hydrogen (secondary N) is 1. The van der Waals surface area contributed by atoms with E-state index >= 15 is 0 Å². The number of benzene rings is 1. The van der Waals surface area contributed by atoms with Crippen molar-refractivity contribution in [3.8, 4) is 11.3 Å². The molecule has 0 aliphatic carbocycles. The number of halogens is 3. The molecule has 0 radical (unpaired) electrons. The predicted octanol–water partition coefficient (Wildman–Crippen LogP) is 4.15. The van der Waals surface area contributed by atoms with Crippen molar-refractivity contribution in [3.05, 3.63) is 46.1 Å². The predicted molar refractivity (Wildman–Crippen MR) is 84.8 cm³/mol. The molecule has 0 aliphatic heterocycles. The molecule has 1 aromatic carbocycles. The summed E-state index contributed by atoms with van der Waals surface area (Å²) in [4.78, 5) is 0. The van der Waals surface area contributed by atoms with Crippen LogP contribution < -0.4 is 5.32 Å². The smallest absolute Gasteiger partial charge is 0.135 e. The van der Waals surface area contributed by atoms with Gasteiger partial charge in [0.05, 0.1) is 17.7 Å². The topological polar surface area (TPSA) is 45.4 Å². The Hall–Kier alpha value is -0.710. The second-order valence-corrected chi connectivity index (χ2v) is 5.21.